The number of carbonyl (C=O) groups excluding carboxylic acids is 1. The highest BCUT2D eigenvalue weighted by molar-refractivity contribution is 7.89. The Labute approximate surface area is 193 Å². The van der Waals surface area contributed by atoms with Crippen molar-refractivity contribution < 1.29 is 22.7 Å². The van der Waals surface area contributed by atoms with Crippen LogP contribution in [0.5, 0.6) is 0 Å². The van der Waals surface area contributed by atoms with Crippen LogP contribution in [0.25, 0.3) is 11.0 Å². The Morgan fingerprint density at radius 1 is 1.09 bits per heavy atom. The number of ether oxygens (including phenoxy) is 2. The highest BCUT2D eigenvalue weighted by Gasteiger charge is 2.27. The van der Waals surface area contributed by atoms with E-state index >= 15 is 0 Å². The van der Waals surface area contributed by atoms with Gasteiger partial charge in [-0.2, -0.15) is 4.31 Å². The van der Waals surface area contributed by atoms with Gasteiger partial charge >= 0.3 is 5.97 Å². The molecular weight excluding hydrogens is 442 g/mol. The normalized spacial score (nSPS) is 16.8. The van der Waals surface area contributed by atoms with Crippen LogP contribution in [-0.4, -0.2) is 54.5 Å². The van der Waals surface area contributed by atoms with Crippen molar-refractivity contribution >= 4 is 27.0 Å². The molecular formula is C24H27N3O5S. The third-order valence-corrected chi connectivity index (χ3v) is 8.28. The van der Waals surface area contributed by atoms with Crippen LogP contribution in [0.1, 0.15) is 40.7 Å². The molecule has 174 valence electrons. The molecule has 1 saturated heterocycles. The average molecular weight is 470 g/mol. The third-order valence-electron chi connectivity index (χ3n) is 6.39. The van der Waals surface area contributed by atoms with Gasteiger partial charge in [0.1, 0.15) is 12.4 Å². The van der Waals surface area contributed by atoms with Crippen molar-refractivity contribution in [1.82, 2.24) is 13.9 Å². The van der Waals surface area contributed by atoms with Gasteiger partial charge in [0.05, 0.1) is 34.7 Å². The number of hydrogen-bond donors (Lipinski definition) is 0. The monoisotopic (exact) mass is 469 g/mol. The smallest absolute Gasteiger partial charge is 0.338 e. The third kappa shape index (κ3) is 4.16. The number of esters is 1. The number of aromatic nitrogens is 2. The molecule has 1 aliphatic heterocycles. The van der Waals surface area contributed by atoms with E-state index in [1.54, 1.807) is 18.2 Å². The van der Waals surface area contributed by atoms with Gasteiger partial charge in [-0.3, -0.25) is 0 Å². The highest BCUT2D eigenvalue weighted by Crippen LogP contribution is 2.25. The molecule has 0 saturated carbocycles. The van der Waals surface area contributed by atoms with E-state index < -0.39 is 10.0 Å². The number of hydrogen-bond acceptors (Lipinski definition) is 6. The first-order valence-electron chi connectivity index (χ1n) is 11.3. The summed E-state index contributed by atoms with van der Waals surface area (Å²) in [5.41, 5.74) is 4.45. The van der Waals surface area contributed by atoms with E-state index in [2.05, 4.69) is 4.98 Å². The fourth-order valence-corrected chi connectivity index (χ4v) is 6.06. The molecule has 0 radical (unpaired) electrons. The van der Waals surface area contributed by atoms with Crippen molar-refractivity contribution in [2.45, 2.75) is 44.2 Å². The van der Waals surface area contributed by atoms with Crippen LogP contribution in [0.2, 0.25) is 0 Å². The van der Waals surface area contributed by atoms with Crippen LogP contribution in [0, 0.1) is 0 Å². The summed E-state index contributed by atoms with van der Waals surface area (Å²) in [6.07, 6.45) is 3.18. The predicted octanol–water partition coefficient (Wildman–Crippen LogP) is 2.92. The van der Waals surface area contributed by atoms with Crippen LogP contribution in [-0.2, 0) is 45.5 Å². The lowest BCUT2D eigenvalue weighted by Crippen LogP contribution is -2.40. The molecule has 1 aliphatic carbocycles. The Bertz CT molecular complexity index is 1310. The van der Waals surface area contributed by atoms with Gasteiger partial charge in [-0.05, 0) is 67.6 Å². The quantitative estimate of drug-likeness (QED) is 0.516. The standard InChI is InChI=1S/C24H27N3O5S/c1-2-27-22-9-8-20(33(29,30)26-10-12-31-13-11-26)15-21(22)25-23(27)16-32-24(28)19-7-6-17-4-3-5-18(17)14-19/h6-9,14-15H,2-5,10-13,16H2,1H3. The lowest BCUT2D eigenvalue weighted by atomic mass is 10.1. The zero-order valence-electron chi connectivity index (χ0n) is 18.6. The number of morpholine rings is 1. The fraction of sp³-hybridized carbons (Fsp3) is 0.417. The molecule has 0 unspecified atom stereocenters. The van der Waals surface area contributed by atoms with Crippen molar-refractivity contribution in [1.29, 1.82) is 0 Å². The number of benzene rings is 2. The van der Waals surface area contributed by atoms with Crippen molar-refractivity contribution in [3.63, 3.8) is 0 Å². The van der Waals surface area contributed by atoms with Gasteiger partial charge in [0.25, 0.3) is 0 Å². The second-order valence-corrected chi connectivity index (χ2v) is 10.3. The molecule has 2 aromatic carbocycles. The van der Waals surface area contributed by atoms with E-state index in [9.17, 15) is 13.2 Å². The Hall–Kier alpha value is -2.75. The van der Waals surface area contributed by atoms with Crippen molar-refractivity contribution in [3.05, 3.63) is 58.9 Å². The Kier molecular flexibility index (Phi) is 5.94. The van der Waals surface area contributed by atoms with Gasteiger partial charge in [-0.15, -0.1) is 0 Å². The number of aryl methyl sites for hydroxylation is 3. The maximum Gasteiger partial charge on any atom is 0.338 e. The minimum atomic E-state index is -3.61. The van der Waals surface area contributed by atoms with E-state index in [-0.39, 0.29) is 17.5 Å². The molecule has 33 heavy (non-hydrogen) atoms. The first-order chi connectivity index (χ1) is 16.0. The molecule has 1 fully saturated rings. The number of carbonyl (C=O) groups is 1. The van der Waals surface area contributed by atoms with Crippen LogP contribution in [0.3, 0.4) is 0 Å². The molecule has 0 N–H and O–H groups in total. The fourth-order valence-electron chi connectivity index (χ4n) is 4.63. The maximum atomic E-state index is 13.0. The van der Waals surface area contributed by atoms with Crippen LogP contribution in [0.15, 0.2) is 41.3 Å². The minimum Gasteiger partial charge on any atom is -0.454 e. The SMILES string of the molecule is CCn1c(COC(=O)c2ccc3c(c2)CCC3)nc2cc(S(=O)(=O)N3CCOCC3)ccc21. The number of nitrogens with zero attached hydrogens (tertiary/aromatic N) is 3. The first kappa shape index (κ1) is 22.1. The number of imidazole rings is 1. The van der Waals surface area contributed by atoms with Gasteiger partial charge in [0, 0.05) is 19.6 Å². The van der Waals surface area contributed by atoms with Crippen molar-refractivity contribution in [2.24, 2.45) is 0 Å². The Morgan fingerprint density at radius 3 is 2.67 bits per heavy atom. The molecule has 2 heterocycles. The predicted molar refractivity (Wildman–Crippen MR) is 123 cm³/mol. The van der Waals surface area contributed by atoms with E-state index in [4.69, 9.17) is 9.47 Å². The van der Waals surface area contributed by atoms with Gasteiger partial charge in [0.15, 0.2) is 0 Å². The average Bonchev–Trinajstić information content (AvgIpc) is 3.45. The van der Waals surface area contributed by atoms with E-state index in [0.29, 0.717) is 49.8 Å². The van der Waals surface area contributed by atoms with Gasteiger partial charge in [0.2, 0.25) is 10.0 Å². The second-order valence-electron chi connectivity index (χ2n) is 8.35. The molecule has 3 aromatic rings. The lowest BCUT2D eigenvalue weighted by molar-refractivity contribution is 0.0458. The van der Waals surface area contributed by atoms with Crippen LogP contribution < -0.4 is 0 Å². The molecule has 0 bridgehead atoms. The van der Waals surface area contributed by atoms with Crippen molar-refractivity contribution in [3.8, 4) is 0 Å². The summed E-state index contributed by atoms with van der Waals surface area (Å²) in [5.74, 6) is 0.206. The van der Waals surface area contributed by atoms with E-state index in [1.807, 2.05) is 29.7 Å². The van der Waals surface area contributed by atoms with Crippen LogP contribution >= 0.6 is 0 Å². The molecule has 9 heteroatoms. The zero-order valence-corrected chi connectivity index (χ0v) is 19.4. The lowest BCUT2D eigenvalue weighted by Gasteiger charge is -2.26. The summed E-state index contributed by atoms with van der Waals surface area (Å²) in [4.78, 5) is 17.5. The van der Waals surface area contributed by atoms with Crippen LogP contribution in [0.4, 0.5) is 0 Å². The highest BCUT2D eigenvalue weighted by atomic mass is 32.2. The summed E-state index contributed by atoms with van der Waals surface area (Å²) < 4.78 is 40.2. The molecule has 1 aromatic heterocycles. The summed E-state index contributed by atoms with van der Waals surface area (Å²) in [6, 6.07) is 10.7. The minimum absolute atomic E-state index is 0.0178. The van der Waals surface area contributed by atoms with E-state index in [1.165, 1.54) is 15.4 Å². The first-order valence-corrected chi connectivity index (χ1v) is 12.8. The topological polar surface area (TPSA) is 90.7 Å². The zero-order chi connectivity index (χ0) is 23.0. The molecule has 5 rings (SSSR count). The Balaban J connectivity index is 1.37. The molecule has 0 atom stereocenters. The second kappa shape index (κ2) is 8.89. The molecule has 0 spiro atoms. The summed E-state index contributed by atoms with van der Waals surface area (Å²) in [6.45, 7) is 4.09. The largest absolute Gasteiger partial charge is 0.454 e. The molecule has 0 amide bonds. The number of rotatable bonds is 6. The maximum absolute atomic E-state index is 13.0. The molecule has 8 nitrogen and oxygen atoms in total. The van der Waals surface area contributed by atoms with Crippen molar-refractivity contribution in [2.75, 3.05) is 26.3 Å². The summed E-state index contributed by atoms with van der Waals surface area (Å²) in [7, 11) is -3.61. The van der Waals surface area contributed by atoms with E-state index in [0.717, 1.165) is 24.8 Å². The number of fused-ring (bicyclic) bond motifs is 2. The summed E-state index contributed by atoms with van der Waals surface area (Å²) >= 11 is 0. The Morgan fingerprint density at radius 2 is 1.88 bits per heavy atom. The number of sulfonamides is 1. The summed E-state index contributed by atoms with van der Waals surface area (Å²) in [5, 5.41) is 0. The van der Waals surface area contributed by atoms with Gasteiger partial charge < -0.3 is 14.0 Å². The van der Waals surface area contributed by atoms with Gasteiger partial charge in [-0.25, -0.2) is 18.2 Å². The molecule has 2 aliphatic rings. The van der Waals surface area contributed by atoms with Gasteiger partial charge in [-0.1, -0.05) is 6.07 Å².